The summed E-state index contributed by atoms with van der Waals surface area (Å²) in [5.41, 5.74) is 13.2. The van der Waals surface area contributed by atoms with Crippen LogP contribution in [0.1, 0.15) is 16.1 Å². The number of pyridine rings is 1. The molecule has 6 rings (SSSR count). The molecule has 0 saturated carbocycles. The monoisotopic (exact) mass is 537 g/mol. The molecule has 0 bridgehead atoms. The number of amides is 1. The summed E-state index contributed by atoms with van der Waals surface area (Å²) in [6.45, 7) is 1.85. The maximum absolute atomic E-state index is 12.9. The van der Waals surface area contributed by atoms with Gasteiger partial charge in [0, 0.05) is 45.3 Å². The van der Waals surface area contributed by atoms with Crippen molar-refractivity contribution in [2.24, 2.45) is 0 Å². The van der Waals surface area contributed by atoms with E-state index in [1.807, 2.05) is 104 Å². The molecule has 0 fully saturated rings. The summed E-state index contributed by atoms with van der Waals surface area (Å²) in [7, 11) is 0. The number of hydrogen-bond acceptors (Lipinski definition) is 7. The van der Waals surface area contributed by atoms with Gasteiger partial charge in [-0.05, 0) is 67.6 Å². The summed E-state index contributed by atoms with van der Waals surface area (Å²) in [5.74, 6) is 0.623. The fraction of sp³-hybridized carbons (Fsp3) is 0.0303. The van der Waals surface area contributed by atoms with Gasteiger partial charge in [-0.3, -0.25) is 4.79 Å². The third-order valence-electron chi connectivity index (χ3n) is 6.50. The lowest BCUT2D eigenvalue weighted by atomic mass is 10.1. The molecule has 6 aromatic rings. The second-order valence-corrected chi connectivity index (χ2v) is 9.55. The van der Waals surface area contributed by atoms with Gasteiger partial charge in [0.25, 0.3) is 5.91 Å². The molecule has 0 aliphatic carbocycles. The van der Waals surface area contributed by atoms with E-state index >= 15 is 0 Å². The largest absolute Gasteiger partial charge is 0.368 e. The first-order valence-electron chi connectivity index (χ1n) is 13.1. The van der Waals surface area contributed by atoms with Gasteiger partial charge in [-0.1, -0.05) is 48.5 Å². The zero-order valence-corrected chi connectivity index (χ0v) is 22.3. The summed E-state index contributed by atoms with van der Waals surface area (Å²) in [6.07, 6.45) is 0. The molecule has 0 radical (unpaired) electrons. The number of nitrogens with zero attached hydrogens (tertiary/aromatic N) is 3. The number of aromatic nitrogens is 3. The Morgan fingerprint density at radius 3 is 2.10 bits per heavy atom. The minimum Gasteiger partial charge on any atom is -0.368 e. The number of fused-ring (bicyclic) bond motifs is 1. The van der Waals surface area contributed by atoms with E-state index in [1.54, 1.807) is 12.1 Å². The van der Waals surface area contributed by atoms with E-state index in [1.165, 1.54) is 0 Å². The molecule has 5 N–H and O–H groups in total. The Hall–Kier alpha value is -5.76. The standard InChI is InChI=1S/C33H27N7O/c1-21-19-31(40-33(34)35-21)37-25-15-17-26(18-16-25)38-32(41)23-11-13-24(14-12-23)36-30-20-29(22-7-3-2-4-8-22)39-28-10-6-5-9-27(28)30/h2-20H,1H3,(H,36,39)(H,38,41)(H3,34,35,37,40). The van der Waals surface area contributed by atoms with E-state index in [-0.39, 0.29) is 11.9 Å². The zero-order chi connectivity index (χ0) is 28.2. The van der Waals surface area contributed by atoms with E-state index in [0.717, 1.165) is 44.9 Å². The number of nitrogen functional groups attached to an aromatic ring is 1. The highest BCUT2D eigenvalue weighted by Crippen LogP contribution is 2.30. The average molecular weight is 538 g/mol. The Labute approximate surface area is 237 Å². The van der Waals surface area contributed by atoms with Gasteiger partial charge in [0.1, 0.15) is 5.82 Å². The number of nitrogens with two attached hydrogens (primary N) is 1. The fourth-order valence-electron chi connectivity index (χ4n) is 4.54. The Morgan fingerprint density at radius 1 is 0.683 bits per heavy atom. The average Bonchev–Trinajstić information content (AvgIpc) is 2.98. The second kappa shape index (κ2) is 11.2. The van der Waals surface area contributed by atoms with Crippen LogP contribution in [0.5, 0.6) is 0 Å². The molecular weight excluding hydrogens is 510 g/mol. The third kappa shape index (κ3) is 5.97. The first kappa shape index (κ1) is 25.5. The van der Waals surface area contributed by atoms with Crippen LogP contribution in [0.15, 0.2) is 115 Å². The number of carbonyl (C=O) groups excluding carboxylic acids is 1. The highest BCUT2D eigenvalue weighted by Gasteiger charge is 2.10. The summed E-state index contributed by atoms with van der Waals surface area (Å²) in [4.78, 5) is 26.0. The maximum atomic E-state index is 12.9. The van der Waals surface area contributed by atoms with Crippen molar-refractivity contribution in [2.45, 2.75) is 6.92 Å². The Morgan fingerprint density at radius 2 is 1.34 bits per heavy atom. The topological polar surface area (TPSA) is 118 Å². The third-order valence-corrected chi connectivity index (χ3v) is 6.50. The van der Waals surface area contributed by atoms with Gasteiger partial charge in [-0.2, -0.15) is 4.98 Å². The van der Waals surface area contributed by atoms with Crippen molar-refractivity contribution in [1.29, 1.82) is 0 Å². The second-order valence-electron chi connectivity index (χ2n) is 9.55. The maximum Gasteiger partial charge on any atom is 0.255 e. The molecule has 2 aromatic heterocycles. The van der Waals surface area contributed by atoms with Gasteiger partial charge in [0.15, 0.2) is 0 Å². The van der Waals surface area contributed by atoms with Crippen LogP contribution in [0.2, 0.25) is 0 Å². The van der Waals surface area contributed by atoms with Crippen molar-refractivity contribution < 1.29 is 4.79 Å². The number of para-hydroxylation sites is 1. The number of nitrogens with one attached hydrogen (secondary N) is 3. The van der Waals surface area contributed by atoms with Gasteiger partial charge in [-0.15, -0.1) is 0 Å². The first-order valence-corrected chi connectivity index (χ1v) is 13.1. The molecule has 0 spiro atoms. The predicted octanol–water partition coefficient (Wildman–Crippen LogP) is 7.32. The molecule has 0 unspecified atom stereocenters. The van der Waals surface area contributed by atoms with Crippen molar-refractivity contribution in [1.82, 2.24) is 15.0 Å². The normalized spacial score (nSPS) is 10.8. The summed E-state index contributed by atoms with van der Waals surface area (Å²) in [5, 5.41) is 10.7. The van der Waals surface area contributed by atoms with Crippen molar-refractivity contribution in [3.63, 3.8) is 0 Å². The quantitative estimate of drug-likeness (QED) is 0.168. The van der Waals surface area contributed by atoms with Crippen LogP contribution in [-0.4, -0.2) is 20.9 Å². The smallest absolute Gasteiger partial charge is 0.255 e. The molecule has 4 aromatic carbocycles. The van der Waals surface area contributed by atoms with Crippen LogP contribution in [-0.2, 0) is 0 Å². The molecular formula is C33H27N7O. The van der Waals surface area contributed by atoms with Gasteiger partial charge in [0.05, 0.1) is 16.9 Å². The molecule has 41 heavy (non-hydrogen) atoms. The van der Waals surface area contributed by atoms with Crippen molar-refractivity contribution in [3.05, 3.63) is 127 Å². The van der Waals surface area contributed by atoms with Crippen molar-refractivity contribution in [2.75, 3.05) is 21.7 Å². The van der Waals surface area contributed by atoms with Crippen LogP contribution >= 0.6 is 0 Å². The van der Waals surface area contributed by atoms with Crippen LogP contribution < -0.4 is 21.7 Å². The zero-order valence-electron chi connectivity index (χ0n) is 22.3. The highest BCUT2D eigenvalue weighted by molar-refractivity contribution is 6.04. The number of carbonyl (C=O) groups is 1. The Kier molecular flexibility index (Phi) is 6.94. The molecule has 0 saturated heterocycles. The molecule has 8 nitrogen and oxygen atoms in total. The lowest BCUT2D eigenvalue weighted by molar-refractivity contribution is 0.102. The summed E-state index contributed by atoms with van der Waals surface area (Å²) in [6, 6.07) is 36.8. The Balaban J connectivity index is 1.15. The van der Waals surface area contributed by atoms with E-state index in [0.29, 0.717) is 17.1 Å². The van der Waals surface area contributed by atoms with Crippen LogP contribution in [0, 0.1) is 6.92 Å². The van der Waals surface area contributed by atoms with Crippen LogP contribution in [0.3, 0.4) is 0 Å². The lowest BCUT2D eigenvalue weighted by Crippen LogP contribution is -2.11. The minimum absolute atomic E-state index is 0.197. The molecule has 8 heteroatoms. The molecule has 0 aliphatic rings. The van der Waals surface area contributed by atoms with Crippen molar-refractivity contribution >= 4 is 51.3 Å². The van der Waals surface area contributed by atoms with E-state index in [2.05, 4.69) is 32.0 Å². The van der Waals surface area contributed by atoms with Gasteiger partial charge in [0.2, 0.25) is 5.95 Å². The lowest BCUT2D eigenvalue weighted by Gasteiger charge is -2.13. The number of rotatable bonds is 7. The molecule has 0 atom stereocenters. The van der Waals surface area contributed by atoms with Gasteiger partial charge >= 0.3 is 0 Å². The van der Waals surface area contributed by atoms with Crippen molar-refractivity contribution in [3.8, 4) is 11.3 Å². The summed E-state index contributed by atoms with van der Waals surface area (Å²) < 4.78 is 0. The predicted molar refractivity (Wildman–Crippen MR) is 166 cm³/mol. The molecule has 200 valence electrons. The van der Waals surface area contributed by atoms with E-state index in [9.17, 15) is 4.79 Å². The number of anilines is 6. The first-order chi connectivity index (χ1) is 20.0. The fourth-order valence-corrected chi connectivity index (χ4v) is 4.54. The molecule has 0 aliphatic heterocycles. The minimum atomic E-state index is -0.197. The van der Waals surface area contributed by atoms with Gasteiger partial charge in [-0.25, -0.2) is 9.97 Å². The molecule has 1 amide bonds. The molecule has 2 heterocycles. The van der Waals surface area contributed by atoms with E-state index in [4.69, 9.17) is 10.7 Å². The van der Waals surface area contributed by atoms with E-state index < -0.39 is 0 Å². The highest BCUT2D eigenvalue weighted by atomic mass is 16.1. The number of benzene rings is 4. The van der Waals surface area contributed by atoms with Crippen LogP contribution in [0.25, 0.3) is 22.2 Å². The Bertz CT molecular complexity index is 1820. The van der Waals surface area contributed by atoms with Crippen LogP contribution in [0.4, 0.5) is 34.5 Å². The van der Waals surface area contributed by atoms with Gasteiger partial charge < -0.3 is 21.7 Å². The summed E-state index contributed by atoms with van der Waals surface area (Å²) >= 11 is 0. The SMILES string of the molecule is Cc1cc(Nc2ccc(NC(=O)c3ccc(Nc4cc(-c5ccccc5)nc5ccccc45)cc3)cc2)nc(N)n1. The number of aryl methyl sites for hydroxylation is 1. The number of hydrogen-bond donors (Lipinski definition) is 4.